The van der Waals surface area contributed by atoms with Crippen LogP contribution in [0.15, 0.2) is 115 Å². The molecule has 1 aliphatic rings. The summed E-state index contributed by atoms with van der Waals surface area (Å²) in [5, 5.41) is 7.46. The van der Waals surface area contributed by atoms with Crippen molar-refractivity contribution in [2.45, 2.75) is 38.9 Å². The van der Waals surface area contributed by atoms with Gasteiger partial charge in [0.15, 0.2) is 0 Å². The summed E-state index contributed by atoms with van der Waals surface area (Å²) in [4.78, 5) is 0. The molecule has 0 amide bonds. The number of hydrogen-bond acceptors (Lipinski definition) is 2. The first kappa shape index (κ1) is 24.1. The zero-order valence-electron chi connectivity index (χ0n) is 22.9. The van der Waals surface area contributed by atoms with Gasteiger partial charge in [-0.1, -0.05) is 109 Å². The maximum Gasteiger partial charge on any atom is 0.494 e. The van der Waals surface area contributed by atoms with Crippen molar-refractivity contribution in [3.05, 3.63) is 115 Å². The quantitative estimate of drug-likeness (QED) is 0.176. The predicted molar refractivity (Wildman–Crippen MR) is 166 cm³/mol. The first-order valence-corrected chi connectivity index (χ1v) is 13.7. The molecule has 1 heterocycles. The smallest absolute Gasteiger partial charge is 0.399 e. The molecule has 1 saturated heterocycles. The Labute approximate surface area is 230 Å². The average Bonchev–Trinajstić information content (AvgIpc) is 3.17. The van der Waals surface area contributed by atoms with Crippen LogP contribution in [0.3, 0.4) is 0 Å². The van der Waals surface area contributed by atoms with Gasteiger partial charge in [-0.25, -0.2) is 0 Å². The second kappa shape index (κ2) is 8.81. The Kier molecular flexibility index (Phi) is 5.45. The van der Waals surface area contributed by atoms with Crippen LogP contribution in [0.1, 0.15) is 27.7 Å². The van der Waals surface area contributed by atoms with Gasteiger partial charge < -0.3 is 9.31 Å². The summed E-state index contributed by atoms with van der Waals surface area (Å²) in [6.45, 7) is 8.38. The van der Waals surface area contributed by atoms with Crippen LogP contribution in [0.4, 0.5) is 0 Å². The lowest BCUT2D eigenvalue weighted by molar-refractivity contribution is 0.00578. The fourth-order valence-electron chi connectivity index (χ4n) is 5.90. The highest BCUT2D eigenvalue weighted by molar-refractivity contribution is 6.62. The van der Waals surface area contributed by atoms with Crippen molar-refractivity contribution < 1.29 is 9.31 Å². The predicted octanol–water partition coefficient (Wildman–Crippen LogP) is 8.78. The van der Waals surface area contributed by atoms with E-state index < -0.39 is 0 Å². The standard InChI is InChI=1S/C36H31BO2/c1-35(2)36(3,4)39-37(38-35)28-21-20-25-22-27(19-18-26(25)23-28)34-31-16-10-8-14-29(31)33(24-12-6-5-7-13-24)30-15-9-11-17-32(30)34/h5-23H,1-4H3. The Morgan fingerprint density at radius 2 is 0.923 bits per heavy atom. The van der Waals surface area contributed by atoms with E-state index in [1.807, 2.05) is 0 Å². The van der Waals surface area contributed by atoms with Gasteiger partial charge in [-0.3, -0.25) is 0 Å². The Morgan fingerprint density at radius 1 is 0.462 bits per heavy atom. The summed E-state index contributed by atoms with van der Waals surface area (Å²) < 4.78 is 12.6. The minimum absolute atomic E-state index is 0.357. The number of fused-ring (bicyclic) bond motifs is 3. The molecule has 7 rings (SSSR count). The van der Waals surface area contributed by atoms with E-state index in [1.54, 1.807) is 0 Å². The van der Waals surface area contributed by atoms with Gasteiger partial charge in [-0.2, -0.15) is 0 Å². The van der Waals surface area contributed by atoms with Crippen LogP contribution in [0.25, 0.3) is 54.6 Å². The van der Waals surface area contributed by atoms with Crippen LogP contribution in [-0.4, -0.2) is 18.3 Å². The monoisotopic (exact) mass is 506 g/mol. The van der Waals surface area contributed by atoms with Crippen LogP contribution in [0.2, 0.25) is 0 Å². The normalized spacial score (nSPS) is 16.4. The average molecular weight is 506 g/mol. The van der Waals surface area contributed by atoms with Gasteiger partial charge >= 0.3 is 7.12 Å². The number of hydrogen-bond donors (Lipinski definition) is 0. The fourth-order valence-corrected chi connectivity index (χ4v) is 5.90. The molecule has 0 atom stereocenters. The fraction of sp³-hybridized carbons (Fsp3) is 0.167. The van der Waals surface area contributed by atoms with E-state index in [9.17, 15) is 0 Å². The Bertz CT molecular complexity index is 1800. The molecule has 0 saturated carbocycles. The van der Waals surface area contributed by atoms with E-state index in [-0.39, 0.29) is 18.3 Å². The van der Waals surface area contributed by atoms with Crippen molar-refractivity contribution in [3.63, 3.8) is 0 Å². The molecule has 6 aromatic rings. The summed E-state index contributed by atoms with van der Waals surface area (Å²) in [6, 6.07) is 41.7. The molecular weight excluding hydrogens is 475 g/mol. The van der Waals surface area contributed by atoms with Gasteiger partial charge in [0.1, 0.15) is 0 Å². The van der Waals surface area contributed by atoms with Crippen LogP contribution in [0, 0.1) is 0 Å². The van der Waals surface area contributed by atoms with Gasteiger partial charge in [-0.15, -0.1) is 0 Å². The van der Waals surface area contributed by atoms with Gasteiger partial charge in [0.25, 0.3) is 0 Å². The van der Waals surface area contributed by atoms with Gasteiger partial charge in [0.2, 0.25) is 0 Å². The van der Waals surface area contributed by atoms with Crippen LogP contribution in [-0.2, 0) is 9.31 Å². The Morgan fingerprint density at radius 3 is 1.49 bits per heavy atom. The van der Waals surface area contributed by atoms with Crippen molar-refractivity contribution >= 4 is 44.9 Å². The van der Waals surface area contributed by atoms with Crippen molar-refractivity contribution in [2.75, 3.05) is 0 Å². The highest BCUT2D eigenvalue weighted by Crippen LogP contribution is 2.44. The molecule has 3 heteroatoms. The maximum absolute atomic E-state index is 6.31. The minimum atomic E-state index is -0.363. The Hall–Kier alpha value is -3.92. The molecule has 190 valence electrons. The zero-order valence-corrected chi connectivity index (χ0v) is 22.9. The SMILES string of the molecule is CC1(C)OB(c2ccc3cc(-c4c5ccccc5c(-c5ccccc5)c5ccccc45)ccc3c2)OC1(C)C. The van der Waals surface area contributed by atoms with Crippen molar-refractivity contribution in [1.82, 2.24) is 0 Å². The van der Waals surface area contributed by atoms with Crippen LogP contribution >= 0.6 is 0 Å². The first-order chi connectivity index (χ1) is 18.8. The molecule has 0 spiro atoms. The molecule has 0 aliphatic carbocycles. The second-order valence-corrected chi connectivity index (χ2v) is 11.6. The molecular formula is C36H31BO2. The van der Waals surface area contributed by atoms with Crippen LogP contribution < -0.4 is 5.46 Å². The zero-order chi connectivity index (χ0) is 26.8. The van der Waals surface area contributed by atoms with E-state index in [0.717, 1.165) is 5.46 Å². The second-order valence-electron chi connectivity index (χ2n) is 11.6. The molecule has 1 fully saturated rings. The van der Waals surface area contributed by atoms with Crippen molar-refractivity contribution in [3.8, 4) is 22.3 Å². The lowest BCUT2D eigenvalue weighted by Gasteiger charge is -2.32. The van der Waals surface area contributed by atoms with Gasteiger partial charge in [0.05, 0.1) is 11.2 Å². The summed E-state index contributed by atoms with van der Waals surface area (Å²) in [5.74, 6) is 0. The molecule has 0 N–H and O–H groups in total. The van der Waals surface area contributed by atoms with Crippen molar-refractivity contribution in [2.24, 2.45) is 0 Å². The first-order valence-electron chi connectivity index (χ1n) is 13.7. The van der Waals surface area contributed by atoms with Crippen LogP contribution in [0.5, 0.6) is 0 Å². The molecule has 2 nitrogen and oxygen atoms in total. The van der Waals surface area contributed by atoms with E-state index in [4.69, 9.17) is 9.31 Å². The maximum atomic E-state index is 6.31. The highest BCUT2D eigenvalue weighted by Gasteiger charge is 2.51. The molecule has 0 bridgehead atoms. The summed E-state index contributed by atoms with van der Waals surface area (Å²) in [5.41, 5.74) is 5.37. The summed E-state index contributed by atoms with van der Waals surface area (Å²) in [6.07, 6.45) is 0. The lowest BCUT2D eigenvalue weighted by atomic mass is 9.78. The Balaban J connectivity index is 1.40. The minimum Gasteiger partial charge on any atom is -0.399 e. The third-order valence-corrected chi connectivity index (χ3v) is 8.67. The molecule has 6 aromatic carbocycles. The highest BCUT2D eigenvalue weighted by atomic mass is 16.7. The van der Waals surface area contributed by atoms with E-state index >= 15 is 0 Å². The third kappa shape index (κ3) is 3.88. The molecule has 0 aromatic heterocycles. The number of benzene rings is 6. The largest absolute Gasteiger partial charge is 0.494 e. The molecule has 1 aliphatic heterocycles. The van der Waals surface area contributed by atoms with E-state index in [2.05, 4.69) is 143 Å². The van der Waals surface area contributed by atoms with E-state index in [1.165, 1.54) is 54.6 Å². The molecule has 0 unspecified atom stereocenters. The summed E-state index contributed by atoms with van der Waals surface area (Å²) in [7, 11) is -0.363. The van der Waals surface area contributed by atoms with Gasteiger partial charge in [-0.05, 0) is 93.8 Å². The van der Waals surface area contributed by atoms with Crippen molar-refractivity contribution in [1.29, 1.82) is 0 Å². The third-order valence-electron chi connectivity index (χ3n) is 8.67. The topological polar surface area (TPSA) is 18.5 Å². The van der Waals surface area contributed by atoms with E-state index in [0.29, 0.717) is 0 Å². The number of rotatable bonds is 3. The molecule has 0 radical (unpaired) electrons. The lowest BCUT2D eigenvalue weighted by Crippen LogP contribution is -2.41. The van der Waals surface area contributed by atoms with Gasteiger partial charge in [0, 0.05) is 0 Å². The molecule has 39 heavy (non-hydrogen) atoms. The summed E-state index contributed by atoms with van der Waals surface area (Å²) >= 11 is 0.